The molecule has 0 unspecified atom stereocenters. The summed E-state index contributed by atoms with van der Waals surface area (Å²) in [5, 5.41) is 9.13. The number of aromatic hydroxyl groups is 1. The van der Waals surface area contributed by atoms with Gasteiger partial charge in [-0.25, -0.2) is 0 Å². The molecule has 0 radical (unpaired) electrons. The summed E-state index contributed by atoms with van der Waals surface area (Å²) in [4.78, 5) is 11.3. The van der Waals surface area contributed by atoms with Crippen LogP contribution in [0.2, 0.25) is 0 Å². The highest BCUT2D eigenvalue weighted by molar-refractivity contribution is 6.02. The fourth-order valence-corrected chi connectivity index (χ4v) is 1.33. The normalized spacial score (nSPS) is 14.5. The van der Waals surface area contributed by atoms with Crippen LogP contribution in [0.3, 0.4) is 0 Å². The van der Waals surface area contributed by atoms with Gasteiger partial charge in [0.05, 0.1) is 0 Å². The average Bonchev–Trinajstić information content (AvgIpc) is 2.07. The number of phenols is 1. The van der Waals surface area contributed by atoms with Gasteiger partial charge >= 0.3 is 0 Å². The Balaban J connectivity index is 2.63. The Morgan fingerprint density at radius 2 is 2.17 bits per heavy atom. The zero-order chi connectivity index (χ0) is 8.55. The van der Waals surface area contributed by atoms with E-state index in [4.69, 9.17) is 5.11 Å². The maximum atomic E-state index is 11.3. The Kier molecular flexibility index (Phi) is 1.47. The Bertz CT molecular complexity index is 364. The predicted molar refractivity (Wildman–Crippen MR) is 46.1 cm³/mol. The minimum absolute atomic E-state index is 0.0726. The molecular formula is C10H8O2. The van der Waals surface area contributed by atoms with Crippen LogP contribution in [0, 0.1) is 0 Å². The van der Waals surface area contributed by atoms with Crippen LogP contribution in [0.25, 0.3) is 6.08 Å². The number of ketones is 1. The Labute approximate surface area is 70.2 Å². The molecule has 0 aromatic heterocycles. The van der Waals surface area contributed by atoms with Crippen LogP contribution in [-0.2, 0) is 0 Å². The molecule has 1 N–H and O–H groups in total. The van der Waals surface area contributed by atoms with E-state index < -0.39 is 0 Å². The maximum Gasteiger partial charge on any atom is 0.167 e. The van der Waals surface area contributed by atoms with Crippen LogP contribution < -0.4 is 0 Å². The van der Waals surface area contributed by atoms with Crippen molar-refractivity contribution < 1.29 is 9.90 Å². The molecule has 12 heavy (non-hydrogen) atoms. The number of Topliss-reactive ketones (excluding diaryl/α,β-unsaturated/α-hetero) is 1. The van der Waals surface area contributed by atoms with Crippen molar-refractivity contribution in [3.05, 3.63) is 35.4 Å². The number of benzene rings is 1. The third-order valence-electron chi connectivity index (χ3n) is 1.94. The fourth-order valence-electron chi connectivity index (χ4n) is 1.33. The molecule has 0 fully saturated rings. The minimum atomic E-state index is 0.0726. The fraction of sp³-hybridized carbons (Fsp3) is 0.100. The first-order valence-corrected chi connectivity index (χ1v) is 3.80. The second-order valence-corrected chi connectivity index (χ2v) is 2.80. The molecule has 0 atom stereocenters. The zero-order valence-corrected chi connectivity index (χ0v) is 6.45. The van der Waals surface area contributed by atoms with Crippen molar-refractivity contribution >= 4 is 11.9 Å². The number of allylic oxidation sites excluding steroid dienone is 1. The number of fused-ring (bicyclic) bond motifs is 1. The summed E-state index contributed by atoms with van der Waals surface area (Å²) in [5.41, 5.74) is 1.52. The van der Waals surface area contributed by atoms with Gasteiger partial charge in [-0.3, -0.25) is 4.79 Å². The van der Waals surface area contributed by atoms with E-state index in [0.29, 0.717) is 12.0 Å². The average molecular weight is 160 g/mol. The molecule has 2 rings (SSSR count). The summed E-state index contributed by atoms with van der Waals surface area (Å²) >= 11 is 0. The second-order valence-electron chi connectivity index (χ2n) is 2.80. The van der Waals surface area contributed by atoms with Crippen molar-refractivity contribution in [2.24, 2.45) is 0 Å². The van der Waals surface area contributed by atoms with Crippen molar-refractivity contribution in [2.45, 2.75) is 6.42 Å². The van der Waals surface area contributed by atoms with Gasteiger partial charge in [0.15, 0.2) is 5.78 Å². The SMILES string of the molecule is O=C1CC=Cc2ccc(O)cc21. The van der Waals surface area contributed by atoms with Gasteiger partial charge in [-0.05, 0) is 17.7 Å². The molecule has 0 heterocycles. The summed E-state index contributed by atoms with van der Waals surface area (Å²) in [5.74, 6) is 0.223. The zero-order valence-electron chi connectivity index (χ0n) is 6.45. The number of carbonyl (C=O) groups is 1. The summed E-state index contributed by atoms with van der Waals surface area (Å²) in [7, 11) is 0. The number of rotatable bonds is 0. The van der Waals surface area contributed by atoms with Gasteiger partial charge < -0.3 is 5.11 Å². The van der Waals surface area contributed by atoms with Gasteiger partial charge in [0.2, 0.25) is 0 Å². The Morgan fingerprint density at radius 3 is 3.00 bits per heavy atom. The quantitative estimate of drug-likeness (QED) is 0.630. The summed E-state index contributed by atoms with van der Waals surface area (Å²) in [6.45, 7) is 0. The van der Waals surface area contributed by atoms with E-state index >= 15 is 0 Å². The highest BCUT2D eigenvalue weighted by Gasteiger charge is 2.12. The first-order valence-electron chi connectivity index (χ1n) is 3.80. The molecule has 2 heteroatoms. The number of hydrogen-bond donors (Lipinski definition) is 1. The molecular weight excluding hydrogens is 152 g/mol. The Hall–Kier alpha value is -1.57. The van der Waals surface area contributed by atoms with Crippen molar-refractivity contribution in [1.82, 2.24) is 0 Å². The maximum absolute atomic E-state index is 11.3. The summed E-state index contributed by atoms with van der Waals surface area (Å²) < 4.78 is 0. The van der Waals surface area contributed by atoms with E-state index in [1.807, 2.05) is 12.2 Å². The van der Waals surface area contributed by atoms with Gasteiger partial charge in [0.1, 0.15) is 5.75 Å². The summed E-state index contributed by atoms with van der Waals surface area (Å²) in [6, 6.07) is 4.85. The smallest absolute Gasteiger partial charge is 0.167 e. The third kappa shape index (κ3) is 1.01. The van der Waals surface area contributed by atoms with Crippen LogP contribution in [0.5, 0.6) is 5.75 Å². The molecule has 60 valence electrons. The third-order valence-corrected chi connectivity index (χ3v) is 1.94. The van der Waals surface area contributed by atoms with Crippen molar-refractivity contribution in [2.75, 3.05) is 0 Å². The second kappa shape index (κ2) is 2.48. The number of phenolic OH excluding ortho intramolecular Hbond substituents is 1. The first kappa shape index (κ1) is 7.10. The number of carbonyl (C=O) groups excluding carboxylic acids is 1. The monoisotopic (exact) mass is 160 g/mol. The van der Waals surface area contributed by atoms with Crippen LogP contribution in [-0.4, -0.2) is 10.9 Å². The molecule has 0 bridgehead atoms. The van der Waals surface area contributed by atoms with Gasteiger partial charge in [-0.2, -0.15) is 0 Å². The van der Waals surface area contributed by atoms with Crippen LogP contribution >= 0.6 is 0 Å². The standard InChI is InChI=1S/C10H8O2/c11-8-5-4-7-2-1-3-10(12)9(7)6-8/h1-2,4-6,11H,3H2. The van der Waals surface area contributed by atoms with E-state index in [0.717, 1.165) is 5.56 Å². The lowest BCUT2D eigenvalue weighted by Gasteiger charge is -2.08. The molecule has 2 nitrogen and oxygen atoms in total. The van der Waals surface area contributed by atoms with Crippen LogP contribution in [0.4, 0.5) is 0 Å². The van der Waals surface area contributed by atoms with E-state index in [1.54, 1.807) is 12.1 Å². The molecule has 1 aromatic carbocycles. The lowest BCUT2D eigenvalue weighted by Crippen LogP contribution is -2.03. The van der Waals surface area contributed by atoms with Gasteiger partial charge in [-0.1, -0.05) is 18.2 Å². The largest absolute Gasteiger partial charge is 0.508 e. The molecule has 1 aliphatic rings. The van der Waals surface area contributed by atoms with E-state index in [-0.39, 0.29) is 11.5 Å². The molecule has 1 aromatic rings. The van der Waals surface area contributed by atoms with E-state index in [1.165, 1.54) is 6.07 Å². The highest BCUT2D eigenvalue weighted by Crippen LogP contribution is 2.22. The van der Waals surface area contributed by atoms with Gasteiger partial charge in [-0.15, -0.1) is 0 Å². The molecule has 0 saturated carbocycles. The predicted octanol–water partition coefficient (Wildman–Crippen LogP) is 1.99. The molecule has 0 aliphatic heterocycles. The molecule has 0 amide bonds. The van der Waals surface area contributed by atoms with E-state index in [9.17, 15) is 4.79 Å². The minimum Gasteiger partial charge on any atom is -0.508 e. The molecule has 0 saturated heterocycles. The topological polar surface area (TPSA) is 37.3 Å². The van der Waals surface area contributed by atoms with Crippen molar-refractivity contribution in [3.63, 3.8) is 0 Å². The Morgan fingerprint density at radius 1 is 1.33 bits per heavy atom. The molecule has 1 aliphatic carbocycles. The van der Waals surface area contributed by atoms with Crippen LogP contribution in [0.1, 0.15) is 22.3 Å². The molecule has 0 spiro atoms. The highest BCUT2D eigenvalue weighted by atomic mass is 16.3. The van der Waals surface area contributed by atoms with E-state index in [2.05, 4.69) is 0 Å². The first-order chi connectivity index (χ1) is 5.77. The lowest BCUT2D eigenvalue weighted by atomic mass is 9.96. The van der Waals surface area contributed by atoms with Gasteiger partial charge in [0.25, 0.3) is 0 Å². The summed E-state index contributed by atoms with van der Waals surface area (Å²) in [6.07, 6.45) is 4.17. The van der Waals surface area contributed by atoms with Gasteiger partial charge in [0, 0.05) is 12.0 Å². The van der Waals surface area contributed by atoms with Crippen molar-refractivity contribution in [3.8, 4) is 5.75 Å². The van der Waals surface area contributed by atoms with Crippen LogP contribution in [0.15, 0.2) is 24.3 Å². The number of hydrogen-bond acceptors (Lipinski definition) is 2. The lowest BCUT2D eigenvalue weighted by molar-refractivity contribution is 0.0994. The van der Waals surface area contributed by atoms with Crippen molar-refractivity contribution in [1.29, 1.82) is 0 Å².